The molecule has 0 aliphatic heterocycles. The molecule has 0 fully saturated rings. The Morgan fingerprint density at radius 3 is 2.72 bits per heavy atom. The summed E-state index contributed by atoms with van der Waals surface area (Å²) in [5, 5.41) is 11.9. The number of rotatable bonds is 4. The Hall–Kier alpha value is -1.78. The Bertz CT molecular complexity index is 551. The lowest BCUT2D eigenvalue weighted by Crippen LogP contribution is -2.22. The van der Waals surface area contributed by atoms with E-state index >= 15 is 0 Å². The number of nitrogens with one attached hydrogen (secondary N) is 1. The lowest BCUT2D eigenvalue weighted by Gasteiger charge is -2.04. The predicted octanol–water partition coefficient (Wildman–Crippen LogP) is 2.36. The number of carbonyl (C=O) groups is 1. The molecule has 1 heterocycles. The van der Waals surface area contributed by atoms with Crippen LogP contribution in [0.2, 0.25) is 5.22 Å². The van der Waals surface area contributed by atoms with Crippen LogP contribution in [0.1, 0.15) is 21.7 Å². The van der Waals surface area contributed by atoms with Gasteiger partial charge in [-0.05, 0) is 34.9 Å². The van der Waals surface area contributed by atoms with Gasteiger partial charge < -0.3 is 14.8 Å². The maximum absolute atomic E-state index is 11.7. The van der Waals surface area contributed by atoms with Gasteiger partial charge in [-0.15, -0.1) is 0 Å². The van der Waals surface area contributed by atoms with Gasteiger partial charge in [0.25, 0.3) is 5.91 Å². The van der Waals surface area contributed by atoms with Gasteiger partial charge in [0, 0.05) is 6.54 Å². The highest BCUT2D eigenvalue weighted by Crippen LogP contribution is 2.13. The van der Waals surface area contributed by atoms with Crippen LogP contribution < -0.4 is 5.32 Å². The second-order valence-corrected chi connectivity index (χ2v) is 4.14. The molecule has 2 aromatic rings. The van der Waals surface area contributed by atoms with Gasteiger partial charge in [-0.1, -0.05) is 24.3 Å². The molecule has 0 radical (unpaired) electrons. The van der Waals surface area contributed by atoms with Gasteiger partial charge in [-0.25, -0.2) is 0 Å². The van der Waals surface area contributed by atoms with Crippen molar-refractivity contribution < 1.29 is 14.3 Å². The molecule has 0 atom stereocenters. The normalized spacial score (nSPS) is 10.3. The number of benzene rings is 1. The number of furan rings is 1. The summed E-state index contributed by atoms with van der Waals surface area (Å²) in [6, 6.07) is 10.4. The van der Waals surface area contributed by atoms with Crippen molar-refractivity contribution in [2.24, 2.45) is 0 Å². The number of hydrogen-bond donors (Lipinski definition) is 2. The molecule has 4 nitrogen and oxygen atoms in total. The van der Waals surface area contributed by atoms with E-state index in [2.05, 4.69) is 5.32 Å². The molecule has 0 unspecified atom stereocenters. The molecule has 5 heteroatoms. The largest absolute Gasteiger partial charge is 0.440 e. The van der Waals surface area contributed by atoms with Crippen molar-refractivity contribution in [1.82, 2.24) is 5.32 Å². The summed E-state index contributed by atoms with van der Waals surface area (Å²) in [6.07, 6.45) is 0. The summed E-state index contributed by atoms with van der Waals surface area (Å²) in [5.74, 6) is -0.144. The first-order valence-corrected chi connectivity index (χ1v) is 5.79. The van der Waals surface area contributed by atoms with Gasteiger partial charge in [-0.2, -0.15) is 0 Å². The Balaban J connectivity index is 1.97. The molecular formula is C13H12ClNO3. The molecule has 94 valence electrons. The summed E-state index contributed by atoms with van der Waals surface area (Å²) in [5.41, 5.74) is 1.72. The monoisotopic (exact) mass is 265 g/mol. The molecule has 0 aliphatic rings. The van der Waals surface area contributed by atoms with E-state index in [1.165, 1.54) is 12.1 Å². The van der Waals surface area contributed by atoms with E-state index < -0.39 is 0 Å². The molecule has 1 aromatic heterocycles. The smallest absolute Gasteiger partial charge is 0.287 e. The van der Waals surface area contributed by atoms with Crippen molar-refractivity contribution in [2.45, 2.75) is 13.2 Å². The van der Waals surface area contributed by atoms with Crippen molar-refractivity contribution in [2.75, 3.05) is 0 Å². The topological polar surface area (TPSA) is 62.5 Å². The lowest BCUT2D eigenvalue weighted by molar-refractivity contribution is 0.0923. The number of hydrogen-bond acceptors (Lipinski definition) is 3. The lowest BCUT2D eigenvalue weighted by atomic mass is 10.1. The molecular weight excluding hydrogens is 254 g/mol. The van der Waals surface area contributed by atoms with Crippen LogP contribution in [-0.4, -0.2) is 11.0 Å². The maximum atomic E-state index is 11.7. The molecule has 18 heavy (non-hydrogen) atoms. The first kappa shape index (κ1) is 12.7. The molecule has 1 aromatic carbocycles. The number of amides is 1. The van der Waals surface area contributed by atoms with Crippen molar-refractivity contribution in [3.63, 3.8) is 0 Å². The second-order valence-electron chi connectivity index (χ2n) is 3.76. The summed E-state index contributed by atoms with van der Waals surface area (Å²) >= 11 is 5.59. The van der Waals surface area contributed by atoms with E-state index in [0.29, 0.717) is 6.54 Å². The van der Waals surface area contributed by atoms with E-state index in [0.717, 1.165) is 11.1 Å². The molecule has 0 saturated carbocycles. The van der Waals surface area contributed by atoms with E-state index in [9.17, 15) is 4.79 Å². The summed E-state index contributed by atoms with van der Waals surface area (Å²) < 4.78 is 4.99. The third kappa shape index (κ3) is 3.12. The zero-order valence-corrected chi connectivity index (χ0v) is 10.3. The van der Waals surface area contributed by atoms with E-state index in [-0.39, 0.29) is 23.5 Å². The van der Waals surface area contributed by atoms with Gasteiger partial charge in [0.1, 0.15) is 0 Å². The highest BCUT2D eigenvalue weighted by molar-refractivity contribution is 6.29. The average molecular weight is 266 g/mol. The Kier molecular flexibility index (Phi) is 4.02. The van der Waals surface area contributed by atoms with Gasteiger partial charge in [0.15, 0.2) is 11.0 Å². The summed E-state index contributed by atoms with van der Waals surface area (Å²) in [7, 11) is 0. The SMILES string of the molecule is O=C(NCc1cccc(CO)c1)c1ccc(Cl)o1. The molecule has 1 amide bonds. The standard InChI is InChI=1S/C13H12ClNO3/c14-12-5-4-11(18-12)13(17)15-7-9-2-1-3-10(6-9)8-16/h1-6,16H,7-8H2,(H,15,17). The minimum Gasteiger partial charge on any atom is -0.440 e. The van der Waals surface area contributed by atoms with Crippen LogP contribution in [0.15, 0.2) is 40.8 Å². The second kappa shape index (κ2) is 5.71. The van der Waals surface area contributed by atoms with E-state index in [1.54, 1.807) is 0 Å². The summed E-state index contributed by atoms with van der Waals surface area (Å²) in [4.78, 5) is 11.7. The first-order valence-electron chi connectivity index (χ1n) is 5.41. The number of halogens is 1. The molecule has 0 spiro atoms. The number of carbonyl (C=O) groups excluding carboxylic acids is 1. The highest BCUT2D eigenvalue weighted by Gasteiger charge is 2.09. The molecule has 0 bridgehead atoms. The fourth-order valence-corrected chi connectivity index (χ4v) is 1.69. The Morgan fingerprint density at radius 1 is 1.28 bits per heavy atom. The van der Waals surface area contributed by atoms with Crippen LogP contribution >= 0.6 is 11.6 Å². The minimum absolute atomic E-state index is 0.0183. The molecule has 2 N–H and O–H groups in total. The zero-order valence-electron chi connectivity index (χ0n) is 9.52. The van der Waals surface area contributed by atoms with E-state index in [4.69, 9.17) is 21.1 Å². The molecule has 0 saturated heterocycles. The third-order valence-corrected chi connectivity index (χ3v) is 2.63. The minimum atomic E-state index is -0.323. The van der Waals surface area contributed by atoms with Crippen LogP contribution in [0, 0.1) is 0 Å². The van der Waals surface area contributed by atoms with Crippen molar-refractivity contribution in [3.8, 4) is 0 Å². The van der Waals surface area contributed by atoms with Crippen molar-refractivity contribution in [3.05, 3.63) is 58.5 Å². The fourth-order valence-electron chi connectivity index (χ4n) is 1.54. The maximum Gasteiger partial charge on any atom is 0.287 e. The number of aliphatic hydroxyl groups excluding tert-OH is 1. The van der Waals surface area contributed by atoms with Gasteiger partial charge in [0.05, 0.1) is 6.61 Å². The predicted molar refractivity (Wildman–Crippen MR) is 67.3 cm³/mol. The summed E-state index contributed by atoms with van der Waals surface area (Å²) in [6.45, 7) is 0.348. The van der Waals surface area contributed by atoms with Crippen LogP contribution in [0.3, 0.4) is 0 Å². The quantitative estimate of drug-likeness (QED) is 0.892. The van der Waals surface area contributed by atoms with Crippen LogP contribution in [0.4, 0.5) is 0 Å². The number of aliphatic hydroxyl groups is 1. The van der Waals surface area contributed by atoms with Gasteiger partial charge in [-0.3, -0.25) is 4.79 Å². The van der Waals surface area contributed by atoms with Crippen LogP contribution in [-0.2, 0) is 13.2 Å². The van der Waals surface area contributed by atoms with Gasteiger partial charge >= 0.3 is 0 Å². The third-order valence-electron chi connectivity index (χ3n) is 2.42. The average Bonchev–Trinajstić information content (AvgIpc) is 2.83. The van der Waals surface area contributed by atoms with Crippen molar-refractivity contribution >= 4 is 17.5 Å². The van der Waals surface area contributed by atoms with Crippen molar-refractivity contribution in [1.29, 1.82) is 0 Å². The van der Waals surface area contributed by atoms with Crippen LogP contribution in [0.25, 0.3) is 0 Å². The molecule has 0 aliphatic carbocycles. The zero-order chi connectivity index (χ0) is 13.0. The Labute approximate surface area is 109 Å². The van der Waals surface area contributed by atoms with E-state index in [1.807, 2.05) is 24.3 Å². The van der Waals surface area contributed by atoms with Crippen LogP contribution in [0.5, 0.6) is 0 Å². The van der Waals surface area contributed by atoms with Gasteiger partial charge in [0.2, 0.25) is 0 Å². The molecule has 2 rings (SSSR count). The highest BCUT2D eigenvalue weighted by atomic mass is 35.5. The fraction of sp³-hybridized carbons (Fsp3) is 0.154. The Morgan fingerprint density at radius 2 is 2.06 bits per heavy atom. The first-order chi connectivity index (χ1) is 8.69.